The Hall–Kier alpha value is -2.40. The first-order valence-corrected chi connectivity index (χ1v) is 10.8. The monoisotopic (exact) mass is 395 g/mol. The molecule has 0 bridgehead atoms. The molecule has 2 fully saturated rings. The highest BCUT2D eigenvalue weighted by Crippen LogP contribution is 2.23. The van der Waals surface area contributed by atoms with E-state index in [-0.39, 0.29) is 11.7 Å². The van der Waals surface area contributed by atoms with Crippen LogP contribution in [-0.2, 0) is 0 Å². The van der Waals surface area contributed by atoms with Crippen LogP contribution in [0.4, 0.5) is 10.1 Å². The zero-order valence-electron chi connectivity index (χ0n) is 17.0. The van der Waals surface area contributed by atoms with Crippen molar-refractivity contribution in [1.82, 2.24) is 9.80 Å². The van der Waals surface area contributed by atoms with Crippen molar-refractivity contribution in [3.8, 4) is 0 Å². The number of carbonyl (C=O) groups is 1. The van der Waals surface area contributed by atoms with Gasteiger partial charge in [0.1, 0.15) is 5.82 Å². The van der Waals surface area contributed by atoms with E-state index in [0.717, 1.165) is 69.8 Å². The lowest BCUT2D eigenvalue weighted by molar-refractivity contribution is 0.0582. The van der Waals surface area contributed by atoms with Crippen LogP contribution in [-0.4, -0.2) is 61.0 Å². The van der Waals surface area contributed by atoms with Gasteiger partial charge >= 0.3 is 0 Å². The molecule has 2 aromatic rings. The third kappa shape index (κ3) is 4.96. The summed E-state index contributed by atoms with van der Waals surface area (Å²) in [6.45, 7) is 5.84. The lowest BCUT2D eigenvalue weighted by atomic mass is 9.97. The van der Waals surface area contributed by atoms with Gasteiger partial charge in [-0.3, -0.25) is 9.69 Å². The molecule has 0 spiro atoms. The number of nitrogens with zero attached hydrogens (tertiary/aromatic N) is 3. The average Bonchev–Trinajstić information content (AvgIpc) is 2.79. The van der Waals surface area contributed by atoms with Crippen molar-refractivity contribution in [1.29, 1.82) is 0 Å². The Balaban J connectivity index is 1.29. The molecule has 0 aromatic heterocycles. The molecule has 0 saturated carbocycles. The van der Waals surface area contributed by atoms with Crippen molar-refractivity contribution < 1.29 is 9.18 Å². The minimum absolute atomic E-state index is 0.177. The van der Waals surface area contributed by atoms with E-state index < -0.39 is 0 Å². The molecule has 2 aliphatic heterocycles. The fourth-order valence-corrected chi connectivity index (χ4v) is 4.53. The SMILES string of the molecule is O=C(c1ccccc1)N1CCCC[C@@H]1CCN1CCN(c2ccc(F)cc2)CC1. The number of amides is 1. The number of anilines is 1. The molecule has 2 saturated heterocycles. The van der Waals surface area contributed by atoms with Crippen LogP contribution >= 0.6 is 0 Å². The number of likely N-dealkylation sites (tertiary alicyclic amines) is 1. The standard InChI is InChI=1S/C24H30FN3O/c25-21-9-11-22(12-10-21)27-18-16-26(17-19-27)15-13-23-8-4-5-14-28(23)24(29)20-6-2-1-3-7-20/h1-3,6-7,9-12,23H,4-5,8,13-19H2/t23-/m1/s1. The van der Waals surface area contributed by atoms with E-state index in [1.807, 2.05) is 42.5 Å². The molecule has 0 radical (unpaired) electrons. The zero-order valence-corrected chi connectivity index (χ0v) is 17.0. The first-order valence-electron chi connectivity index (χ1n) is 10.8. The molecule has 0 N–H and O–H groups in total. The van der Waals surface area contributed by atoms with Gasteiger partial charge in [-0.2, -0.15) is 0 Å². The third-order valence-electron chi connectivity index (χ3n) is 6.25. The highest BCUT2D eigenvalue weighted by Gasteiger charge is 2.28. The highest BCUT2D eigenvalue weighted by molar-refractivity contribution is 5.94. The summed E-state index contributed by atoms with van der Waals surface area (Å²) in [5.41, 5.74) is 1.89. The normalized spacial score (nSPS) is 20.7. The van der Waals surface area contributed by atoms with Gasteiger partial charge in [0.05, 0.1) is 0 Å². The van der Waals surface area contributed by atoms with Crippen LogP contribution in [0.2, 0.25) is 0 Å². The summed E-state index contributed by atoms with van der Waals surface area (Å²) in [6, 6.07) is 16.8. The van der Waals surface area contributed by atoms with Crippen LogP contribution < -0.4 is 4.90 Å². The second kappa shape index (κ2) is 9.40. The molecule has 1 atom stereocenters. The van der Waals surface area contributed by atoms with Crippen LogP contribution in [0.3, 0.4) is 0 Å². The van der Waals surface area contributed by atoms with Gasteiger partial charge in [0.15, 0.2) is 0 Å². The topological polar surface area (TPSA) is 26.8 Å². The van der Waals surface area contributed by atoms with E-state index in [9.17, 15) is 9.18 Å². The summed E-state index contributed by atoms with van der Waals surface area (Å²) in [4.78, 5) is 19.9. The third-order valence-corrected chi connectivity index (χ3v) is 6.25. The van der Waals surface area contributed by atoms with Gasteiger partial charge in [0.2, 0.25) is 0 Å². The molecule has 5 heteroatoms. The predicted octanol–water partition coefficient (Wildman–Crippen LogP) is 4.03. The largest absolute Gasteiger partial charge is 0.369 e. The Morgan fingerprint density at radius 1 is 0.897 bits per heavy atom. The summed E-state index contributed by atoms with van der Waals surface area (Å²) in [5, 5.41) is 0. The number of piperazine rings is 1. The second-order valence-electron chi connectivity index (χ2n) is 8.11. The van der Waals surface area contributed by atoms with Gasteiger partial charge < -0.3 is 9.80 Å². The molecule has 4 nitrogen and oxygen atoms in total. The molecule has 29 heavy (non-hydrogen) atoms. The van der Waals surface area contributed by atoms with Crippen LogP contribution in [0.15, 0.2) is 54.6 Å². The molecule has 2 heterocycles. The fourth-order valence-electron chi connectivity index (χ4n) is 4.53. The summed E-state index contributed by atoms with van der Waals surface area (Å²) < 4.78 is 13.1. The zero-order chi connectivity index (χ0) is 20.1. The van der Waals surface area contributed by atoms with E-state index in [2.05, 4.69) is 14.7 Å². The van der Waals surface area contributed by atoms with Gasteiger partial charge in [-0.1, -0.05) is 18.2 Å². The average molecular weight is 396 g/mol. The van der Waals surface area contributed by atoms with Crippen LogP contribution in [0.25, 0.3) is 0 Å². The molecular formula is C24H30FN3O. The quantitative estimate of drug-likeness (QED) is 0.765. The van der Waals surface area contributed by atoms with Crippen LogP contribution in [0.5, 0.6) is 0 Å². The Kier molecular flexibility index (Phi) is 6.45. The van der Waals surface area contributed by atoms with Crippen molar-refractivity contribution >= 4 is 11.6 Å². The van der Waals surface area contributed by atoms with Gasteiger partial charge in [0.25, 0.3) is 5.91 Å². The van der Waals surface area contributed by atoms with Crippen molar-refractivity contribution in [3.63, 3.8) is 0 Å². The molecule has 0 unspecified atom stereocenters. The maximum absolute atomic E-state index is 13.1. The van der Waals surface area contributed by atoms with E-state index in [1.54, 1.807) is 0 Å². The number of carbonyl (C=O) groups excluding carboxylic acids is 1. The predicted molar refractivity (Wildman–Crippen MR) is 115 cm³/mol. The van der Waals surface area contributed by atoms with Gasteiger partial charge in [0, 0.05) is 56.6 Å². The van der Waals surface area contributed by atoms with E-state index in [4.69, 9.17) is 0 Å². The van der Waals surface area contributed by atoms with Gasteiger partial charge in [-0.15, -0.1) is 0 Å². The maximum atomic E-state index is 13.1. The Labute approximate surface area is 172 Å². The Morgan fingerprint density at radius 2 is 1.62 bits per heavy atom. The van der Waals surface area contributed by atoms with Crippen LogP contribution in [0, 0.1) is 5.82 Å². The number of hydrogen-bond acceptors (Lipinski definition) is 3. The molecular weight excluding hydrogens is 365 g/mol. The number of benzene rings is 2. The first kappa shape index (κ1) is 19.9. The van der Waals surface area contributed by atoms with E-state index in [1.165, 1.54) is 18.6 Å². The van der Waals surface area contributed by atoms with Crippen molar-refractivity contribution in [2.24, 2.45) is 0 Å². The van der Waals surface area contributed by atoms with Gasteiger partial charge in [-0.25, -0.2) is 4.39 Å². The number of hydrogen-bond donors (Lipinski definition) is 0. The summed E-state index contributed by atoms with van der Waals surface area (Å²) in [6.07, 6.45) is 4.45. The lowest BCUT2D eigenvalue weighted by Crippen LogP contribution is -2.49. The van der Waals surface area contributed by atoms with E-state index in [0.29, 0.717) is 6.04 Å². The smallest absolute Gasteiger partial charge is 0.254 e. The van der Waals surface area contributed by atoms with E-state index >= 15 is 0 Å². The summed E-state index contributed by atoms with van der Waals surface area (Å²) in [7, 11) is 0. The summed E-state index contributed by atoms with van der Waals surface area (Å²) in [5.74, 6) is -0.00842. The molecule has 0 aliphatic carbocycles. The maximum Gasteiger partial charge on any atom is 0.254 e. The highest BCUT2D eigenvalue weighted by atomic mass is 19.1. The molecule has 1 amide bonds. The fraction of sp³-hybridized carbons (Fsp3) is 0.458. The lowest BCUT2D eigenvalue weighted by Gasteiger charge is -2.39. The minimum Gasteiger partial charge on any atom is -0.369 e. The van der Waals surface area contributed by atoms with Crippen LogP contribution in [0.1, 0.15) is 36.0 Å². The van der Waals surface area contributed by atoms with Crippen molar-refractivity contribution in [2.75, 3.05) is 44.2 Å². The minimum atomic E-state index is -0.186. The molecule has 4 rings (SSSR count). The second-order valence-corrected chi connectivity index (χ2v) is 8.11. The molecule has 2 aliphatic rings. The number of piperidine rings is 1. The number of rotatable bonds is 5. The summed E-state index contributed by atoms with van der Waals surface area (Å²) >= 11 is 0. The van der Waals surface area contributed by atoms with Gasteiger partial charge in [-0.05, 0) is 62.1 Å². The Bertz CT molecular complexity index is 788. The van der Waals surface area contributed by atoms with Crippen molar-refractivity contribution in [3.05, 3.63) is 66.0 Å². The number of halogens is 1. The first-order chi connectivity index (χ1) is 14.2. The molecule has 2 aromatic carbocycles. The molecule has 154 valence electrons. The van der Waals surface area contributed by atoms with Crippen molar-refractivity contribution in [2.45, 2.75) is 31.7 Å². The Morgan fingerprint density at radius 3 is 2.34 bits per heavy atom.